The zero-order valence-electron chi connectivity index (χ0n) is 10.9. The van der Waals surface area contributed by atoms with E-state index in [9.17, 15) is 5.11 Å². The minimum atomic E-state index is -0.309. The van der Waals surface area contributed by atoms with Gasteiger partial charge >= 0.3 is 0 Å². The van der Waals surface area contributed by atoms with Crippen molar-refractivity contribution in [1.29, 1.82) is 0 Å². The van der Waals surface area contributed by atoms with Crippen LogP contribution in [0.1, 0.15) is 19.4 Å². The molecule has 1 fully saturated rings. The molecule has 94 valence electrons. The monoisotopic (exact) mass is 234 g/mol. The number of nitrogens with one attached hydrogen (secondary N) is 1. The quantitative estimate of drug-likeness (QED) is 0.774. The summed E-state index contributed by atoms with van der Waals surface area (Å²) in [4.78, 5) is 2.28. The van der Waals surface area contributed by atoms with Crippen LogP contribution in [0, 0.1) is 6.92 Å². The maximum absolute atomic E-state index is 9.94. The summed E-state index contributed by atoms with van der Waals surface area (Å²) >= 11 is 0. The summed E-state index contributed by atoms with van der Waals surface area (Å²) in [5.41, 5.74) is 2.51. The number of rotatable bonds is 1. The molecule has 0 bridgehead atoms. The molecule has 1 atom stereocenters. The van der Waals surface area contributed by atoms with E-state index in [0.29, 0.717) is 13.1 Å². The fourth-order valence-electron chi connectivity index (χ4n) is 2.41. The first-order chi connectivity index (χ1) is 7.98. The molecule has 0 radical (unpaired) electrons. The highest BCUT2D eigenvalue weighted by atomic mass is 16.3. The van der Waals surface area contributed by atoms with E-state index in [1.165, 1.54) is 11.3 Å². The van der Waals surface area contributed by atoms with Gasteiger partial charge in [0.2, 0.25) is 0 Å². The maximum Gasteiger partial charge on any atom is 0.0839 e. The number of hydrogen-bond donors (Lipinski definition) is 2. The summed E-state index contributed by atoms with van der Waals surface area (Å²) < 4.78 is 0. The van der Waals surface area contributed by atoms with Crippen molar-refractivity contribution in [2.45, 2.75) is 32.4 Å². The molecule has 0 amide bonds. The van der Waals surface area contributed by atoms with Gasteiger partial charge in [0, 0.05) is 30.9 Å². The normalized spacial score (nSPS) is 24.5. The molecule has 17 heavy (non-hydrogen) atoms. The Labute approximate surface area is 103 Å². The van der Waals surface area contributed by atoms with E-state index in [-0.39, 0.29) is 11.6 Å². The Morgan fingerprint density at radius 1 is 1.35 bits per heavy atom. The van der Waals surface area contributed by atoms with Crippen molar-refractivity contribution in [2.75, 3.05) is 24.5 Å². The maximum atomic E-state index is 9.94. The smallest absolute Gasteiger partial charge is 0.0839 e. The van der Waals surface area contributed by atoms with Crippen molar-refractivity contribution in [3.05, 3.63) is 29.8 Å². The minimum Gasteiger partial charge on any atom is -0.390 e. The van der Waals surface area contributed by atoms with Crippen molar-refractivity contribution < 1.29 is 5.11 Å². The molecule has 2 N–H and O–H groups in total. The summed E-state index contributed by atoms with van der Waals surface area (Å²) in [6.07, 6.45) is -0.309. The largest absolute Gasteiger partial charge is 0.390 e. The Hall–Kier alpha value is -1.06. The van der Waals surface area contributed by atoms with Gasteiger partial charge in [-0.2, -0.15) is 0 Å². The first-order valence-electron chi connectivity index (χ1n) is 6.22. The third kappa shape index (κ3) is 2.99. The van der Waals surface area contributed by atoms with Crippen LogP contribution in [0.4, 0.5) is 5.69 Å². The SMILES string of the molecule is Cc1ccccc1N1CC(O)CNC(C)(C)C1. The van der Waals surface area contributed by atoms with Crippen molar-refractivity contribution in [3.8, 4) is 0 Å². The molecule has 1 aromatic carbocycles. The van der Waals surface area contributed by atoms with Crippen molar-refractivity contribution in [2.24, 2.45) is 0 Å². The third-order valence-corrected chi connectivity index (χ3v) is 3.29. The molecule has 1 saturated heterocycles. The number of benzene rings is 1. The molecular formula is C14H22N2O. The van der Waals surface area contributed by atoms with Gasteiger partial charge in [0.05, 0.1) is 6.10 Å². The van der Waals surface area contributed by atoms with Gasteiger partial charge in [-0.3, -0.25) is 0 Å². The number of nitrogens with zero attached hydrogens (tertiary/aromatic N) is 1. The second-order valence-corrected chi connectivity index (χ2v) is 5.59. The third-order valence-electron chi connectivity index (χ3n) is 3.29. The van der Waals surface area contributed by atoms with E-state index < -0.39 is 0 Å². The van der Waals surface area contributed by atoms with Gasteiger partial charge in [0.1, 0.15) is 0 Å². The average molecular weight is 234 g/mol. The Balaban J connectivity index is 2.27. The summed E-state index contributed by atoms with van der Waals surface area (Å²) in [6, 6.07) is 8.35. The minimum absolute atomic E-state index is 0.0275. The fraction of sp³-hybridized carbons (Fsp3) is 0.571. The van der Waals surface area contributed by atoms with Gasteiger partial charge in [-0.1, -0.05) is 18.2 Å². The van der Waals surface area contributed by atoms with Crippen LogP contribution in [-0.4, -0.2) is 36.4 Å². The lowest BCUT2D eigenvalue weighted by Gasteiger charge is -2.32. The molecule has 3 nitrogen and oxygen atoms in total. The summed E-state index contributed by atoms with van der Waals surface area (Å²) in [6.45, 7) is 8.74. The number of aliphatic hydroxyl groups is 1. The standard InChI is InChI=1S/C14H22N2O/c1-11-6-4-5-7-13(11)16-9-12(17)8-15-14(2,3)10-16/h4-7,12,15,17H,8-10H2,1-3H3. The Morgan fingerprint density at radius 2 is 2.06 bits per heavy atom. The van der Waals surface area contributed by atoms with Crippen LogP contribution in [-0.2, 0) is 0 Å². The van der Waals surface area contributed by atoms with Gasteiger partial charge in [-0.15, -0.1) is 0 Å². The molecule has 1 unspecified atom stereocenters. The van der Waals surface area contributed by atoms with Gasteiger partial charge in [0.25, 0.3) is 0 Å². The van der Waals surface area contributed by atoms with Crippen molar-refractivity contribution >= 4 is 5.69 Å². The average Bonchev–Trinajstić information content (AvgIpc) is 2.38. The lowest BCUT2D eigenvalue weighted by molar-refractivity contribution is 0.179. The van der Waals surface area contributed by atoms with E-state index in [2.05, 4.69) is 55.3 Å². The van der Waals surface area contributed by atoms with Crippen molar-refractivity contribution in [1.82, 2.24) is 5.32 Å². The predicted octanol–water partition coefficient (Wildman–Crippen LogP) is 1.54. The molecular weight excluding hydrogens is 212 g/mol. The number of anilines is 1. The van der Waals surface area contributed by atoms with E-state index >= 15 is 0 Å². The van der Waals surface area contributed by atoms with Crippen LogP contribution in [0.25, 0.3) is 0 Å². The van der Waals surface area contributed by atoms with Gasteiger partial charge in [-0.25, -0.2) is 0 Å². The molecule has 0 aromatic heterocycles. The number of hydrogen-bond acceptors (Lipinski definition) is 3. The molecule has 3 heteroatoms. The molecule has 0 saturated carbocycles. The Kier molecular flexibility index (Phi) is 3.40. The highest BCUT2D eigenvalue weighted by Crippen LogP contribution is 2.23. The van der Waals surface area contributed by atoms with Crippen LogP contribution in [0.5, 0.6) is 0 Å². The van der Waals surface area contributed by atoms with Crippen LogP contribution >= 0.6 is 0 Å². The van der Waals surface area contributed by atoms with E-state index in [0.717, 1.165) is 6.54 Å². The van der Waals surface area contributed by atoms with Gasteiger partial charge in [-0.05, 0) is 32.4 Å². The van der Waals surface area contributed by atoms with Crippen LogP contribution in [0.2, 0.25) is 0 Å². The molecule has 2 rings (SSSR count). The Morgan fingerprint density at radius 3 is 2.76 bits per heavy atom. The zero-order valence-corrected chi connectivity index (χ0v) is 10.9. The summed E-state index contributed by atoms with van der Waals surface area (Å²) in [5, 5.41) is 13.3. The van der Waals surface area contributed by atoms with E-state index in [1.54, 1.807) is 0 Å². The molecule has 0 aliphatic carbocycles. The molecule has 0 spiro atoms. The first-order valence-corrected chi connectivity index (χ1v) is 6.22. The molecule has 1 aliphatic heterocycles. The van der Waals surface area contributed by atoms with Crippen molar-refractivity contribution in [3.63, 3.8) is 0 Å². The lowest BCUT2D eigenvalue weighted by Crippen LogP contribution is -2.46. The second-order valence-electron chi connectivity index (χ2n) is 5.59. The topological polar surface area (TPSA) is 35.5 Å². The first kappa shape index (κ1) is 12.4. The van der Waals surface area contributed by atoms with Gasteiger partial charge in [0.15, 0.2) is 0 Å². The summed E-state index contributed by atoms with van der Waals surface area (Å²) in [7, 11) is 0. The van der Waals surface area contributed by atoms with Crippen LogP contribution in [0.15, 0.2) is 24.3 Å². The summed E-state index contributed by atoms with van der Waals surface area (Å²) in [5.74, 6) is 0. The molecule has 1 aliphatic rings. The van der Waals surface area contributed by atoms with E-state index in [4.69, 9.17) is 0 Å². The highest BCUT2D eigenvalue weighted by Gasteiger charge is 2.28. The van der Waals surface area contributed by atoms with Gasteiger partial charge < -0.3 is 15.3 Å². The number of para-hydroxylation sites is 1. The number of aryl methyl sites for hydroxylation is 1. The molecule has 1 aromatic rings. The van der Waals surface area contributed by atoms with Crippen LogP contribution < -0.4 is 10.2 Å². The van der Waals surface area contributed by atoms with E-state index in [1.807, 2.05) is 0 Å². The fourth-order valence-corrected chi connectivity index (χ4v) is 2.41. The molecule has 1 heterocycles. The second kappa shape index (κ2) is 4.67. The Bertz CT molecular complexity index is 390. The predicted molar refractivity (Wildman–Crippen MR) is 71.5 cm³/mol. The highest BCUT2D eigenvalue weighted by molar-refractivity contribution is 5.53. The lowest BCUT2D eigenvalue weighted by atomic mass is 10.0. The number of aliphatic hydroxyl groups excluding tert-OH is 1. The van der Waals surface area contributed by atoms with Crippen LogP contribution in [0.3, 0.4) is 0 Å². The number of β-amino-alcohol motifs (C(OH)–C–C–N with tert-alkyl or cyclic N) is 1. The zero-order chi connectivity index (χ0) is 12.5.